The molecule has 3 aromatic rings. The van der Waals surface area contributed by atoms with Gasteiger partial charge in [-0.15, -0.1) is 0 Å². The van der Waals surface area contributed by atoms with Gasteiger partial charge < -0.3 is 5.32 Å². The maximum Gasteiger partial charge on any atom is 0.262 e. The second-order valence-corrected chi connectivity index (χ2v) is 9.91. The SMILES string of the molecule is CC[C@@H](C)NC(=O)c1ccc(Sc2ccc(NS(=O)(=O)c3ccccc3C)cc2)nc1. The lowest BCUT2D eigenvalue weighted by Crippen LogP contribution is -2.31. The van der Waals surface area contributed by atoms with Gasteiger partial charge in [0.1, 0.15) is 5.03 Å². The molecule has 0 unspecified atom stereocenters. The van der Waals surface area contributed by atoms with Crippen molar-refractivity contribution >= 4 is 33.4 Å². The molecular formula is C23H25N3O3S2. The Bertz CT molecular complexity index is 1150. The summed E-state index contributed by atoms with van der Waals surface area (Å²) in [5.74, 6) is -0.135. The topological polar surface area (TPSA) is 88.2 Å². The summed E-state index contributed by atoms with van der Waals surface area (Å²) in [6.45, 7) is 5.74. The standard InChI is InChI=1S/C23H25N3O3S2/c1-4-17(3)25-23(27)18-9-14-22(24-15-18)30-20-12-10-19(11-13-20)26-31(28,29)21-8-6-5-7-16(21)2/h5-15,17,26H,4H2,1-3H3,(H,25,27)/t17-/m1/s1. The first-order chi connectivity index (χ1) is 14.8. The van der Waals surface area contributed by atoms with Crippen LogP contribution in [0.1, 0.15) is 36.2 Å². The highest BCUT2D eigenvalue weighted by Crippen LogP contribution is 2.28. The molecule has 0 saturated carbocycles. The van der Waals surface area contributed by atoms with Crippen molar-refractivity contribution in [3.05, 3.63) is 78.0 Å². The summed E-state index contributed by atoms with van der Waals surface area (Å²) in [5.41, 5.74) is 1.69. The van der Waals surface area contributed by atoms with Crippen LogP contribution in [0, 0.1) is 6.92 Å². The van der Waals surface area contributed by atoms with E-state index in [1.165, 1.54) is 11.8 Å². The molecule has 1 aromatic heterocycles. The lowest BCUT2D eigenvalue weighted by Gasteiger charge is -2.11. The summed E-state index contributed by atoms with van der Waals surface area (Å²) in [6.07, 6.45) is 2.43. The summed E-state index contributed by atoms with van der Waals surface area (Å²) in [5, 5.41) is 3.66. The van der Waals surface area contributed by atoms with Crippen LogP contribution in [-0.4, -0.2) is 25.4 Å². The first-order valence-electron chi connectivity index (χ1n) is 9.92. The number of amides is 1. The molecule has 1 amide bonds. The normalized spacial score (nSPS) is 12.2. The number of benzene rings is 2. The maximum atomic E-state index is 12.6. The average molecular weight is 456 g/mol. The van der Waals surface area contributed by atoms with E-state index in [1.54, 1.807) is 61.7 Å². The Kier molecular flexibility index (Phi) is 7.35. The van der Waals surface area contributed by atoms with Crippen LogP contribution >= 0.6 is 11.8 Å². The molecule has 8 heteroatoms. The van der Waals surface area contributed by atoms with Gasteiger partial charge in [0.05, 0.1) is 10.5 Å². The van der Waals surface area contributed by atoms with Gasteiger partial charge in [-0.3, -0.25) is 9.52 Å². The van der Waals surface area contributed by atoms with E-state index in [4.69, 9.17) is 0 Å². The number of rotatable bonds is 8. The molecule has 6 nitrogen and oxygen atoms in total. The lowest BCUT2D eigenvalue weighted by atomic mass is 10.2. The predicted octanol–water partition coefficient (Wildman–Crippen LogP) is 4.87. The third kappa shape index (κ3) is 6.08. The molecule has 2 N–H and O–H groups in total. The molecule has 0 spiro atoms. The van der Waals surface area contributed by atoms with E-state index >= 15 is 0 Å². The minimum absolute atomic E-state index is 0.114. The van der Waals surface area contributed by atoms with Crippen LogP contribution in [0.3, 0.4) is 0 Å². The number of sulfonamides is 1. The summed E-state index contributed by atoms with van der Waals surface area (Å²) < 4.78 is 27.8. The summed E-state index contributed by atoms with van der Waals surface area (Å²) in [7, 11) is -3.65. The molecule has 0 aliphatic rings. The van der Waals surface area contributed by atoms with E-state index in [9.17, 15) is 13.2 Å². The van der Waals surface area contributed by atoms with Gasteiger partial charge in [-0.05, 0) is 68.3 Å². The van der Waals surface area contributed by atoms with Crippen LogP contribution in [0.5, 0.6) is 0 Å². The number of nitrogens with zero attached hydrogens (tertiary/aromatic N) is 1. The molecule has 162 valence electrons. The van der Waals surface area contributed by atoms with Crippen molar-refractivity contribution in [1.82, 2.24) is 10.3 Å². The molecule has 2 aromatic carbocycles. The summed E-state index contributed by atoms with van der Waals surface area (Å²) in [6, 6.07) is 17.6. The Morgan fingerprint density at radius 3 is 2.39 bits per heavy atom. The van der Waals surface area contributed by atoms with Crippen molar-refractivity contribution < 1.29 is 13.2 Å². The highest BCUT2D eigenvalue weighted by atomic mass is 32.2. The van der Waals surface area contributed by atoms with E-state index in [-0.39, 0.29) is 16.8 Å². The fourth-order valence-corrected chi connectivity index (χ4v) is 4.83. The smallest absolute Gasteiger partial charge is 0.262 e. The number of anilines is 1. The molecule has 1 heterocycles. The third-order valence-electron chi connectivity index (χ3n) is 4.70. The Morgan fingerprint density at radius 1 is 1.06 bits per heavy atom. The average Bonchev–Trinajstić information content (AvgIpc) is 2.75. The predicted molar refractivity (Wildman–Crippen MR) is 124 cm³/mol. The van der Waals surface area contributed by atoms with Gasteiger partial charge in [-0.2, -0.15) is 0 Å². The second kappa shape index (κ2) is 9.98. The van der Waals surface area contributed by atoms with Crippen LogP contribution in [0.25, 0.3) is 0 Å². The third-order valence-corrected chi connectivity index (χ3v) is 7.20. The Labute approximate surface area is 187 Å². The number of hydrogen-bond acceptors (Lipinski definition) is 5. The van der Waals surface area contributed by atoms with Gasteiger partial charge in [0, 0.05) is 22.8 Å². The fraction of sp³-hybridized carbons (Fsp3) is 0.217. The second-order valence-electron chi connectivity index (χ2n) is 7.17. The number of carbonyl (C=O) groups excluding carboxylic acids is 1. The van der Waals surface area contributed by atoms with Crippen molar-refractivity contribution in [2.75, 3.05) is 4.72 Å². The van der Waals surface area contributed by atoms with Crippen molar-refractivity contribution in [3.8, 4) is 0 Å². The van der Waals surface area contributed by atoms with E-state index in [1.807, 2.05) is 26.0 Å². The largest absolute Gasteiger partial charge is 0.350 e. The van der Waals surface area contributed by atoms with Gasteiger partial charge in [0.2, 0.25) is 0 Å². The first-order valence-corrected chi connectivity index (χ1v) is 12.2. The number of carbonyl (C=O) groups is 1. The zero-order valence-corrected chi connectivity index (χ0v) is 19.3. The van der Waals surface area contributed by atoms with Gasteiger partial charge in [-0.1, -0.05) is 36.9 Å². The Morgan fingerprint density at radius 2 is 1.77 bits per heavy atom. The van der Waals surface area contributed by atoms with E-state index < -0.39 is 10.0 Å². The quantitative estimate of drug-likeness (QED) is 0.506. The minimum Gasteiger partial charge on any atom is -0.350 e. The minimum atomic E-state index is -3.65. The van der Waals surface area contributed by atoms with Crippen molar-refractivity contribution in [2.45, 2.75) is 48.1 Å². The van der Waals surface area contributed by atoms with Gasteiger partial charge >= 0.3 is 0 Å². The Hall–Kier alpha value is -2.84. The fourth-order valence-electron chi connectivity index (χ4n) is 2.76. The van der Waals surface area contributed by atoms with Crippen LogP contribution in [-0.2, 0) is 10.0 Å². The zero-order chi connectivity index (χ0) is 22.4. The molecule has 31 heavy (non-hydrogen) atoms. The van der Waals surface area contributed by atoms with Crippen LogP contribution in [0.15, 0.2) is 81.7 Å². The number of pyridine rings is 1. The highest BCUT2D eigenvalue weighted by molar-refractivity contribution is 7.99. The first kappa shape index (κ1) is 22.8. The number of hydrogen-bond donors (Lipinski definition) is 2. The monoisotopic (exact) mass is 455 g/mol. The molecule has 3 rings (SSSR count). The molecule has 1 atom stereocenters. The summed E-state index contributed by atoms with van der Waals surface area (Å²) in [4.78, 5) is 17.7. The molecule has 0 fully saturated rings. The Balaban J connectivity index is 1.64. The molecular weight excluding hydrogens is 430 g/mol. The lowest BCUT2D eigenvalue weighted by molar-refractivity contribution is 0.0939. The van der Waals surface area contributed by atoms with Gasteiger partial charge in [0.15, 0.2) is 0 Å². The van der Waals surface area contributed by atoms with Crippen molar-refractivity contribution in [1.29, 1.82) is 0 Å². The number of aryl methyl sites for hydroxylation is 1. The molecule has 0 saturated heterocycles. The molecule has 0 aliphatic heterocycles. The van der Waals surface area contributed by atoms with Crippen molar-refractivity contribution in [2.24, 2.45) is 0 Å². The van der Waals surface area contributed by atoms with E-state index in [2.05, 4.69) is 15.0 Å². The highest BCUT2D eigenvalue weighted by Gasteiger charge is 2.16. The molecule has 0 bridgehead atoms. The molecule has 0 radical (unpaired) electrons. The zero-order valence-electron chi connectivity index (χ0n) is 17.6. The van der Waals surface area contributed by atoms with Crippen LogP contribution in [0.2, 0.25) is 0 Å². The van der Waals surface area contributed by atoms with Crippen LogP contribution in [0.4, 0.5) is 5.69 Å². The van der Waals surface area contributed by atoms with Crippen molar-refractivity contribution in [3.63, 3.8) is 0 Å². The maximum absolute atomic E-state index is 12.6. The van der Waals surface area contributed by atoms with Crippen LogP contribution < -0.4 is 10.0 Å². The summed E-state index contributed by atoms with van der Waals surface area (Å²) >= 11 is 1.43. The number of nitrogens with one attached hydrogen (secondary N) is 2. The van der Waals surface area contributed by atoms with E-state index in [0.29, 0.717) is 16.8 Å². The van der Waals surface area contributed by atoms with Gasteiger partial charge in [-0.25, -0.2) is 13.4 Å². The van der Waals surface area contributed by atoms with E-state index in [0.717, 1.165) is 16.3 Å². The van der Waals surface area contributed by atoms with Gasteiger partial charge in [0.25, 0.3) is 15.9 Å². The molecule has 0 aliphatic carbocycles. The number of aromatic nitrogens is 1.